The topological polar surface area (TPSA) is 101 Å². The first-order chi connectivity index (χ1) is 15.2. The highest BCUT2D eigenvalue weighted by molar-refractivity contribution is 7.92. The van der Waals surface area contributed by atoms with Crippen LogP contribution < -0.4 is 14.4 Å². The number of carbonyl (C=O) groups excluding carboxylic acids is 1. The monoisotopic (exact) mass is 474 g/mol. The maximum Gasteiger partial charge on any atom is 0.261 e. The molecule has 168 valence electrons. The second-order valence-corrected chi connectivity index (χ2v) is 9.35. The van der Waals surface area contributed by atoms with Crippen molar-refractivity contribution in [2.24, 2.45) is 0 Å². The fourth-order valence-corrected chi connectivity index (χ4v) is 4.08. The molecule has 2 heterocycles. The first kappa shape index (κ1) is 23.5. The average Bonchev–Trinajstić information content (AvgIpc) is 2.75. The van der Waals surface area contributed by atoms with Crippen LogP contribution in [-0.2, 0) is 21.2 Å². The van der Waals surface area contributed by atoms with Gasteiger partial charge in [0.05, 0.1) is 33.8 Å². The zero-order valence-electron chi connectivity index (χ0n) is 17.8. The molecular weight excluding hydrogens is 452 g/mol. The summed E-state index contributed by atoms with van der Waals surface area (Å²) in [6, 6.07) is 10.9. The third kappa shape index (κ3) is 5.95. The maximum absolute atomic E-state index is 12.9. The van der Waals surface area contributed by atoms with E-state index >= 15 is 0 Å². The molecule has 0 radical (unpaired) electrons. The highest BCUT2D eigenvalue weighted by atomic mass is 35.5. The number of ether oxygens (including phenoxy) is 1. The summed E-state index contributed by atoms with van der Waals surface area (Å²) in [6.45, 7) is 3.76. The number of pyridine rings is 2. The standard InChI is InChI=1S/C22H23ClN4O4S/c1-15(2)31-18-4-6-19(7-5-18)32(29,30)26-21-12-16(23)14-25-20(21)13-22(28)27(3)17-8-10-24-11-9-17/h4-12,14-15,26H,13H2,1-3H3. The number of sulfonamides is 1. The van der Waals surface area contributed by atoms with E-state index in [1.807, 2.05) is 13.8 Å². The third-order valence-electron chi connectivity index (χ3n) is 4.43. The summed E-state index contributed by atoms with van der Waals surface area (Å²) in [4.78, 5) is 22.4. The molecule has 3 aromatic rings. The molecule has 1 aromatic carbocycles. The van der Waals surface area contributed by atoms with Gasteiger partial charge < -0.3 is 9.64 Å². The van der Waals surface area contributed by atoms with Crippen LogP contribution in [0.1, 0.15) is 19.5 Å². The highest BCUT2D eigenvalue weighted by Crippen LogP contribution is 2.25. The Labute approximate surface area is 192 Å². The van der Waals surface area contributed by atoms with E-state index in [2.05, 4.69) is 14.7 Å². The molecule has 0 spiro atoms. The molecule has 0 bridgehead atoms. The van der Waals surface area contributed by atoms with Crippen molar-refractivity contribution < 1.29 is 17.9 Å². The number of hydrogen-bond acceptors (Lipinski definition) is 6. The third-order valence-corrected chi connectivity index (χ3v) is 6.02. The zero-order valence-corrected chi connectivity index (χ0v) is 19.4. The van der Waals surface area contributed by atoms with Gasteiger partial charge in [0.15, 0.2) is 0 Å². The van der Waals surface area contributed by atoms with Crippen molar-refractivity contribution in [1.82, 2.24) is 9.97 Å². The van der Waals surface area contributed by atoms with Crippen molar-refractivity contribution in [3.63, 3.8) is 0 Å². The SMILES string of the molecule is CC(C)Oc1ccc(S(=O)(=O)Nc2cc(Cl)cnc2CC(=O)N(C)c2ccncc2)cc1. The first-order valence-electron chi connectivity index (χ1n) is 9.76. The van der Waals surface area contributed by atoms with Gasteiger partial charge in [-0.1, -0.05) is 11.6 Å². The summed E-state index contributed by atoms with van der Waals surface area (Å²) in [5, 5.41) is 0.238. The molecule has 0 fully saturated rings. The lowest BCUT2D eigenvalue weighted by Gasteiger charge is -2.18. The van der Waals surface area contributed by atoms with Crippen LogP contribution in [0.4, 0.5) is 11.4 Å². The summed E-state index contributed by atoms with van der Waals surface area (Å²) in [5.74, 6) is 0.287. The summed E-state index contributed by atoms with van der Waals surface area (Å²) in [5.41, 5.74) is 1.05. The fraction of sp³-hybridized carbons (Fsp3) is 0.227. The Balaban J connectivity index is 1.82. The number of aromatic nitrogens is 2. The largest absolute Gasteiger partial charge is 0.491 e. The molecule has 0 unspecified atom stereocenters. The van der Waals surface area contributed by atoms with Crippen LogP contribution in [-0.4, -0.2) is 37.4 Å². The van der Waals surface area contributed by atoms with Crippen molar-refractivity contribution in [1.29, 1.82) is 0 Å². The van der Waals surface area contributed by atoms with E-state index in [9.17, 15) is 13.2 Å². The number of rotatable bonds is 8. The van der Waals surface area contributed by atoms with E-state index in [1.165, 1.54) is 29.3 Å². The number of benzene rings is 1. The summed E-state index contributed by atoms with van der Waals surface area (Å²) < 4.78 is 33.9. The van der Waals surface area contributed by atoms with Gasteiger partial charge in [-0.05, 0) is 56.3 Å². The van der Waals surface area contributed by atoms with Gasteiger partial charge in [-0.25, -0.2) is 8.42 Å². The molecule has 0 saturated heterocycles. The van der Waals surface area contributed by atoms with Crippen LogP contribution in [0, 0.1) is 0 Å². The number of hydrogen-bond donors (Lipinski definition) is 1. The predicted molar refractivity (Wildman–Crippen MR) is 124 cm³/mol. The highest BCUT2D eigenvalue weighted by Gasteiger charge is 2.20. The number of likely N-dealkylation sites (N-methyl/N-ethyl adjacent to an activating group) is 1. The van der Waals surface area contributed by atoms with Gasteiger partial charge in [0.2, 0.25) is 5.91 Å². The molecule has 10 heteroatoms. The van der Waals surface area contributed by atoms with E-state index in [1.54, 1.807) is 43.7 Å². The van der Waals surface area contributed by atoms with E-state index < -0.39 is 10.0 Å². The smallest absolute Gasteiger partial charge is 0.261 e. The number of nitrogens with one attached hydrogen (secondary N) is 1. The Bertz CT molecular complexity index is 1190. The zero-order chi connectivity index (χ0) is 23.3. The molecule has 1 amide bonds. The van der Waals surface area contributed by atoms with Crippen LogP contribution >= 0.6 is 11.6 Å². The molecule has 3 rings (SSSR count). The van der Waals surface area contributed by atoms with Crippen LogP contribution in [0.5, 0.6) is 5.75 Å². The second-order valence-electron chi connectivity index (χ2n) is 7.23. The van der Waals surface area contributed by atoms with Crippen LogP contribution in [0.15, 0.2) is 66.0 Å². The number of amides is 1. The number of halogens is 1. The van der Waals surface area contributed by atoms with Gasteiger partial charge in [-0.15, -0.1) is 0 Å². The lowest BCUT2D eigenvalue weighted by Crippen LogP contribution is -2.28. The Morgan fingerprint density at radius 3 is 2.44 bits per heavy atom. The normalized spacial score (nSPS) is 11.3. The molecule has 0 aliphatic rings. The van der Waals surface area contributed by atoms with Crippen LogP contribution in [0.25, 0.3) is 0 Å². The van der Waals surface area contributed by atoms with Crippen molar-refractivity contribution in [3.05, 3.63) is 71.8 Å². The van der Waals surface area contributed by atoms with E-state index in [4.69, 9.17) is 16.3 Å². The van der Waals surface area contributed by atoms with Crippen LogP contribution in [0.2, 0.25) is 5.02 Å². The molecule has 0 saturated carbocycles. The minimum atomic E-state index is -3.94. The average molecular weight is 475 g/mol. The number of anilines is 2. The molecule has 0 aliphatic carbocycles. The van der Waals surface area contributed by atoms with Gasteiger partial charge in [-0.2, -0.15) is 0 Å². The molecule has 2 aromatic heterocycles. The Morgan fingerprint density at radius 2 is 1.81 bits per heavy atom. The molecular formula is C22H23ClN4O4S. The Morgan fingerprint density at radius 1 is 1.16 bits per heavy atom. The minimum Gasteiger partial charge on any atom is -0.491 e. The molecule has 1 N–H and O–H groups in total. The van der Waals surface area contributed by atoms with Gasteiger partial charge in [0, 0.05) is 31.3 Å². The van der Waals surface area contributed by atoms with Gasteiger partial charge in [-0.3, -0.25) is 19.5 Å². The summed E-state index contributed by atoms with van der Waals surface area (Å²) in [7, 11) is -2.32. The fourth-order valence-electron chi connectivity index (χ4n) is 2.84. The van der Waals surface area contributed by atoms with Gasteiger partial charge in [0.25, 0.3) is 10.0 Å². The van der Waals surface area contributed by atoms with Crippen LogP contribution in [0.3, 0.4) is 0 Å². The minimum absolute atomic E-state index is 0.0292. The van der Waals surface area contributed by atoms with Crippen molar-refractivity contribution in [2.75, 3.05) is 16.7 Å². The molecule has 0 atom stereocenters. The second kappa shape index (κ2) is 9.97. The lowest BCUT2D eigenvalue weighted by atomic mass is 10.2. The van der Waals surface area contributed by atoms with E-state index in [0.29, 0.717) is 11.4 Å². The van der Waals surface area contributed by atoms with Crippen molar-refractivity contribution in [3.8, 4) is 5.75 Å². The molecule has 8 nitrogen and oxygen atoms in total. The quantitative estimate of drug-likeness (QED) is 0.531. The van der Waals surface area contributed by atoms with Gasteiger partial charge >= 0.3 is 0 Å². The molecule has 32 heavy (non-hydrogen) atoms. The summed E-state index contributed by atoms with van der Waals surface area (Å²) >= 11 is 6.04. The molecule has 0 aliphatic heterocycles. The number of nitrogens with zero attached hydrogens (tertiary/aromatic N) is 3. The first-order valence-corrected chi connectivity index (χ1v) is 11.6. The van der Waals surface area contributed by atoms with E-state index in [-0.39, 0.29) is 39.7 Å². The van der Waals surface area contributed by atoms with Crippen molar-refractivity contribution >= 4 is 38.9 Å². The van der Waals surface area contributed by atoms with Gasteiger partial charge in [0.1, 0.15) is 5.75 Å². The Kier molecular flexibility index (Phi) is 7.32. The Hall–Kier alpha value is -3.17. The predicted octanol–water partition coefficient (Wildman–Crippen LogP) is 3.92. The lowest BCUT2D eigenvalue weighted by molar-refractivity contribution is -0.117. The van der Waals surface area contributed by atoms with E-state index in [0.717, 1.165) is 0 Å². The maximum atomic E-state index is 12.9. The number of carbonyl (C=O) groups is 1. The van der Waals surface area contributed by atoms with Crippen molar-refractivity contribution in [2.45, 2.75) is 31.3 Å². The summed E-state index contributed by atoms with van der Waals surface area (Å²) in [6.07, 6.45) is 4.37.